The van der Waals surface area contributed by atoms with Gasteiger partial charge in [0.05, 0.1) is 19.0 Å². The van der Waals surface area contributed by atoms with Crippen molar-refractivity contribution in [2.24, 2.45) is 7.05 Å². The third kappa shape index (κ3) is 4.75. The number of nitrogens with one attached hydrogen (secondary N) is 1. The lowest BCUT2D eigenvalue weighted by atomic mass is 10.1. The zero-order chi connectivity index (χ0) is 19.2. The first-order chi connectivity index (χ1) is 13.0. The van der Waals surface area contributed by atoms with Gasteiger partial charge in [0.1, 0.15) is 6.33 Å². The standard InChI is InChI=1S/C19H19N5O3/c1-24-12-21-18(23-24)14-4-6-15(7-5-14)19(26)22-16-9-13(10-20-11-16)3-8-17(25)27-2/h4-7,9-12H,3,8H2,1-2H3,(H,22,26). The van der Waals surface area contributed by atoms with E-state index in [2.05, 4.69) is 25.1 Å². The molecule has 0 aliphatic rings. The highest BCUT2D eigenvalue weighted by molar-refractivity contribution is 6.04. The fraction of sp³-hybridized carbons (Fsp3) is 0.211. The van der Waals surface area contributed by atoms with Crippen molar-refractivity contribution in [2.75, 3.05) is 12.4 Å². The molecular weight excluding hydrogens is 346 g/mol. The van der Waals surface area contributed by atoms with Crippen molar-refractivity contribution >= 4 is 17.6 Å². The second-order valence-electron chi connectivity index (χ2n) is 5.93. The van der Waals surface area contributed by atoms with Crippen LogP contribution in [0.3, 0.4) is 0 Å². The number of anilines is 1. The van der Waals surface area contributed by atoms with Crippen LogP contribution in [0.15, 0.2) is 49.1 Å². The number of esters is 1. The Morgan fingerprint density at radius 2 is 1.96 bits per heavy atom. The zero-order valence-electron chi connectivity index (χ0n) is 15.0. The second-order valence-corrected chi connectivity index (χ2v) is 5.93. The average molecular weight is 365 g/mol. The van der Waals surface area contributed by atoms with Crippen LogP contribution in [-0.4, -0.2) is 38.7 Å². The first kappa shape index (κ1) is 18.2. The van der Waals surface area contributed by atoms with Gasteiger partial charge in [-0.1, -0.05) is 12.1 Å². The summed E-state index contributed by atoms with van der Waals surface area (Å²) >= 11 is 0. The summed E-state index contributed by atoms with van der Waals surface area (Å²) in [5.74, 6) is 0.0707. The Bertz CT molecular complexity index is 950. The third-order valence-corrected chi connectivity index (χ3v) is 3.90. The molecular formula is C19H19N5O3. The molecule has 0 spiro atoms. The molecule has 2 heterocycles. The highest BCUT2D eigenvalue weighted by atomic mass is 16.5. The Labute approximate surface area is 156 Å². The number of methoxy groups -OCH3 is 1. The Morgan fingerprint density at radius 1 is 1.19 bits per heavy atom. The Morgan fingerprint density at radius 3 is 2.63 bits per heavy atom. The minimum atomic E-state index is -0.285. The van der Waals surface area contributed by atoms with Crippen molar-refractivity contribution in [2.45, 2.75) is 12.8 Å². The smallest absolute Gasteiger partial charge is 0.305 e. The molecule has 0 aliphatic carbocycles. The first-order valence-corrected chi connectivity index (χ1v) is 8.33. The van der Waals surface area contributed by atoms with Gasteiger partial charge in [-0.3, -0.25) is 19.3 Å². The molecule has 0 bridgehead atoms. The number of pyridine rings is 1. The number of aryl methyl sites for hydroxylation is 2. The predicted molar refractivity (Wildman–Crippen MR) is 99.0 cm³/mol. The van der Waals surface area contributed by atoms with E-state index in [-0.39, 0.29) is 18.3 Å². The number of amides is 1. The molecule has 0 saturated carbocycles. The van der Waals surface area contributed by atoms with E-state index in [1.165, 1.54) is 7.11 Å². The molecule has 3 rings (SSSR count). The Balaban J connectivity index is 1.65. The van der Waals surface area contributed by atoms with Gasteiger partial charge in [0.15, 0.2) is 5.82 Å². The van der Waals surface area contributed by atoms with Crippen molar-refractivity contribution < 1.29 is 14.3 Å². The number of nitrogens with zero attached hydrogens (tertiary/aromatic N) is 4. The normalized spacial score (nSPS) is 10.4. The molecule has 0 aliphatic heterocycles. The van der Waals surface area contributed by atoms with Crippen LogP contribution in [0, 0.1) is 0 Å². The van der Waals surface area contributed by atoms with Crippen molar-refractivity contribution in [1.29, 1.82) is 0 Å². The van der Waals surface area contributed by atoms with Crippen LogP contribution in [0.4, 0.5) is 5.69 Å². The maximum Gasteiger partial charge on any atom is 0.305 e. The maximum atomic E-state index is 12.4. The van der Waals surface area contributed by atoms with E-state index < -0.39 is 0 Å². The van der Waals surface area contributed by atoms with E-state index in [9.17, 15) is 9.59 Å². The van der Waals surface area contributed by atoms with Gasteiger partial charge in [-0.25, -0.2) is 4.98 Å². The number of rotatable bonds is 6. The van der Waals surface area contributed by atoms with Crippen molar-refractivity contribution in [3.63, 3.8) is 0 Å². The highest BCUT2D eigenvalue weighted by Gasteiger charge is 2.09. The molecule has 8 heteroatoms. The van der Waals surface area contributed by atoms with E-state index >= 15 is 0 Å². The van der Waals surface area contributed by atoms with Gasteiger partial charge in [-0.05, 0) is 30.2 Å². The van der Waals surface area contributed by atoms with E-state index in [0.29, 0.717) is 23.5 Å². The molecule has 1 amide bonds. The van der Waals surface area contributed by atoms with Gasteiger partial charge in [0.25, 0.3) is 5.91 Å². The molecule has 27 heavy (non-hydrogen) atoms. The van der Waals surface area contributed by atoms with Gasteiger partial charge in [-0.2, -0.15) is 5.10 Å². The van der Waals surface area contributed by atoms with Crippen LogP contribution in [0.1, 0.15) is 22.3 Å². The fourth-order valence-electron chi connectivity index (χ4n) is 2.49. The van der Waals surface area contributed by atoms with Gasteiger partial charge < -0.3 is 10.1 Å². The second kappa shape index (κ2) is 8.22. The summed E-state index contributed by atoms with van der Waals surface area (Å²) < 4.78 is 6.25. The molecule has 2 aromatic heterocycles. The largest absolute Gasteiger partial charge is 0.469 e. The lowest BCUT2D eigenvalue weighted by Crippen LogP contribution is -2.12. The minimum absolute atomic E-state index is 0.248. The molecule has 0 fully saturated rings. The Kier molecular flexibility index (Phi) is 5.55. The topological polar surface area (TPSA) is 99.0 Å². The molecule has 8 nitrogen and oxygen atoms in total. The van der Waals surface area contributed by atoms with E-state index in [1.54, 1.807) is 60.8 Å². The van der Waals surface area contributed by atoms with Gasteiger partial charge in [0, 0.05) is 30.8 Å². The number of aromatic nitrogens is 4. The monoisotopic (exact) mass is 365 g/mol. The summed E-state index contributed by atoms with van der Waals surface area (Å²) in [5.41, 5.74) is 2.75. The molecule has 0 unspecified atom stereocenters. The number of carbonyl (C=O) groups excluding carboxylic acids is 2. The van der Waals surface area contributed by atoms with E-state index in [4.69, 9.17) is 0 Å². The summed E-state index contributed by atoms with van der Waals surface area (Å²) in [7, 11) is 3.15. The van der Waals surface area contributed by atoms with Crippen LogP contribution >= 0.6 is 0 Å². The predicted octanol–water partition coefficient (Wildman–Crippen LogP) is 2.24. The van der Waals surface area contributed by atoms with E-state index in [0.717, 1.165) is 11.1 Å². The number of hydrogen-bond acceptors (Lipinski definition) is 6. The first-order valence-electron chi connectivity index (χ1n) is 8.33. The molecule has 3 aromatic rings. The number of ether oxygens (including phenoxy) is 1. The lowest BCUT2D eigenvalue weighted by Gasteiger charge is -2.07. The van der Waals surface area contributed by atoms with Crippen LogP contribution in [-0.2, 0) is 23.0 Å². The SMILES string of the molecule is COC(=O)CCc1cncc(NC(=O)c2ccc(-c3ncn(C)n3)cc2)c1. The van der Waals surface area contributed by atoms with Crippen LogP contribution in [0.2, 0.25) is 0 Å². The fourth-order valence-corrected chi connectivity index (χ4v) is 2.49. The van der Waals surface area contributed by atoms with Gasteiger partial charge in [0.2, 0.25) is 0 Å². The molecule has 1 N–H and O–H groups in total. The lowest BCUT2D eigenvalue weighted by molar-refractivity contribution is -0.140. The van der Waals surface area contributed by atoms with Gasteiger partial charge >= 0.3 is 5.97 Å². The van der Waals surface area contributed by atoms with E-state index in [1.807, 2.05) is 0 Å². The van der Waals surface area contributed by atoms with Crippen molar-refractivity contribution in [3.8, 4) is 11.4 Å². The average Bonchev–Trinajstić information content (AvgIpc) is 3.13. The quantitative estimate of drug-likeness (QED) is 0.673. The summed E-state index contributed by atoms with van der Waals surface area (Å²) in [4.78, 5) is 32.0. The summed E-state index contributed by atoms with van der Waals surface area (Å²) in [6.45, 7) is 0. The molecule has 1 aromatic carbocycles. The summed E-state index contributed by atoms with van der Waals surface area (Å²) in [6.07, 6.45) is 5.60. The van der Waals surface area contributed by atoms with Crippen molar-refractivity contribution in [3.05, 3.63) is 60.2 Å². The molecule has 138 valence electrons. The number of hydrogen-bond donors (Lipinski definition) is 1. The Hall–Kier alpha value is -3.55. The number of carbonyl (C=O) groups is 2. The van der Waals surface area contributed by atoms with Crippen LogP contribution in [0.25, 0.3) is 11.4 Å². The van der Waals surface area contributed by atoms with Crippen molar-refractivity contribution in [1.82, 2.24) is 19.7 Å². The molecule has 0 saturated heterocycles. The third-order valence-electron chi connectivity index (χ3n) is 3.90. The maximum absolute atomic E-state index is 12.4. The summed E-state index contributed by atoms with van der Waals surface area (Å²) in [5, 5.41) is 7.04. The zero-order valence-corrected chi connectivity index (χ0v) is 15.0. The summed E-state index contributed by atoms with van der Waals surface area (Å²) in [6, 6.07) is 8.83. The molecule has 0 radical (unpaired) electrons. The van der Waals surface area contributed by atoms with Crippen LogP contribution in [0.5, 0.6) is 0 Å². The molecule has 0 atom stereocenters. The highest BCUT2D eigenvalue weighted by Crippen LogP contribution is 2.17. The van der Waals surface area contributed by atoms with Crippen LogP contribution < -0.4 is 5.32 Å². The minimum Gasteiger partial charge on any atom is -0.469 e. The number of benzene rings is 1. The van der Waals surface area contributed by atoms with Gasteiger partial charge in [-0.15, -0.1) is 0 Å².